The van der Waals surface area contributed by atoms with Gasteiger partial charge < -0.3 is 11.1 Å². The first-order valence-electron chi connectivity index (χ1n) is 5.59. The van der Waals surface area contributed by atoms with E-state index in [4.69, 9.17) is 5.73 Å². The fourth-order valence-corrected chi connectivity index (χ4v) is 2.08. The summed E-state index contributed by atoms with van der Waals surface area (Å²) in [7, 11) is 0. The van der Waals surface area contributed by atoms with Crippen molar-refractivity contribution in [1.82, 2.24) is 5.32 Å². The van der Waals surface area contributed by atoms with E-state index in [1.165, 1.54) is 12.8 Å². The Kier molecular flexibility index (Phi) is 3.93. The van der Waals surface area contributed by atoms with Crippen molar-refractivity contribution in [2.75, 3.05) is 6.54 Å². The molecule has 3 N–H and O–H groups in total. The summed E-state index contributed by atoms with van der Waals surface area (Å²) in [5.41, 5.74) is 5.48. The van der Waals surface area contributed by atoms with Crippen LogP contribution in [0.1, 0.15) is 46.0 Å². The van der Waals surface area contributed by atoms with Crippen LogP contribution >= 0.6 is 0 Å². The first-order valence-corrected chi connectivity index (χ1v) is 5.59. The Hall–Kier alpha value is -0.570. The van der Waals surface area contributed by atoms with E-state index in [-0.39, 0.29) is 17.4 Å². The number of carbonyl (C=O) groups excluding carboxylic acids is 1. The van der Waals surface area contributed by atoms with Gasteiger partial charge in [-0.1, -0.05) is 19.8 Å². The summed E-state index contributed by atoms with van der Waals surface area (Å²) >= 11 is 0. The Morgan fingerprint density at radius 2 is 2.07 bits per heavy atom. The summed E-state index contributed by atoms with van der Waals surface area (Å²) in [6, 6.07) is 0. The van der Waals surface area contributed by atoms with E-state index in [9.17, 15) is 4.79 Å². The lowest BCUT2D eigenvalue weighted by molar-refractivity contribution is -0.126. The van der Waals surface area contributed by atoms with Gasteiger partial charge in [-0.15, -0.1) is 0 Å². The Morgan fingerprint density at radius 3 is 2.57 bits per heavy atom. The molecule has 1 aliphatic rings. The SMILES string of the molecule is CC(CCN)C(=O)NC1(C)CCCC1. The van der Waals surface area contributed by atoms with Gasteiger partial charge in [0.2, 0.25) is 5.91 Å². The first-order chi connectivity index (χ1) is 6.57. The molecule has 1 unspecified atom stereocenters. The molecule has 1 amide bonds. The highest BCUT2D eigenvalue weighted by Crippen LogP contribution is 2.29. The molecule has 1 aliphatic carbocycles. The zero-order valence-corrected chi connectivity index (χ0v) is 9.31. The Labute approximate surface area is 86.4 Å². The highest BCUT2D eigenvalue weighted by molar-refractivity contribution is 5.79. The number of nitrogens with one attached hydrogen (secondary N) is 1. The number of nitrogens with two attached hydrogens (primary N) is 1. The normalized spacial score (nSPS) is 21.9. The van der Waals surface area contributed by atoms with Crippen LogP contribution in [0.2, 0.25) is 0 Å². The Bertz CT molecular complexity index is 197. The minimum atomic E-state index is 0.0532. The van der Waals surface area contributed by atoms with Gasteiger partial charge in [0.25, 0.3) is 0 Å². The van der Waals surface area contributed by atoms with E-state index >= 15 is 0 Å². The van der Waals surface area contributed by atoms with Crippen molar-refractivity contribution in [2.45, 2.75) is 51.5 Å². The van der Waals surface area contributed by atoms with Crippen molar-refractivity contribution in [3.8, 4) is 0 Å². The molecule has 0 aromatic heterocycles. The van der Waals surface area contributed by atoms with Crippen molar-refractivity contribution >= 4 is 5.91 Å². The molecule has 0 bridgehead atoms. The zero-order chi connectivity index (χ0) is 10.6. The molecule has 1 saturated carbocycles. The molecule has 0 heterocycles. The van der Waals surface area contributed by atoms with Gasteiger partial charge in [-0.25, -0.2) is 0 Å². The van der Waals surface area contributed by atoms with E-state index in [1.807, 2.05) is 6.92 Å². The predicted octanol–water partition coefficient (Wildman–Crippen LogP) is 1.42. The molecule has 1 atom stereocenters. The van der Waals surface area contributed by atoms with Crippen LogP contribution in [0.15, 0.2) is 0 Å². The minimum Gasteiger partial charge on any atom is -0.351 e. The Morgan fingerprint density at radius 1 is 1.50 bits per heavy atom. The van der Waals surface area contributed by atoms with Crippen LogP contribution in [0.3, 0.4) is 0 Å². The van der Waals surface area contributed by atoms with Crippen LogP contribution in [-0.2, 0) is 4.79 Å². The monoisotopic (exact) mass is 198 g/mol. The van der Waals surface area contributed by atoms with Gasteiger partial charge in [-0.05, 0) is 32.7 Å². The molecule has 0 aliphatic heterocycles. The van der Waals surface area contributed by atoms with Gasteiger partial charge in [0.05, 0.1) is 0 Å². The molecule has 0 aromatic rings. The lowest BCUT2D eigenvalue weighted by Crippen LogP contribution is -2.46. The molecule has 3 heteroatoms. The minimum absolute atomic E-state index is 0.0532. The maximum absolute atomic E-state index is 11.7. The molecule has 0 aromatic carbocycles. The van der Waals surface area contributed by atoms with Crippen molar-refractivity contribution in [3.05, 3.63) is 0 Å². The second-order valence-corrected chi connectivity index (χ2v) is 4.74. The number of hydrogen-bond acceptors (Lipinski definition) is 2. The predicted molar refractivity (Wildman–Crippen MR) is 57.9 cm³/mol. The summed E-state index contributed by atoms with van der Waals surface area (Å²) in [4.78, 5) is 11.7. The molecule has 1 fully saturated rings. The average Bonchev–Trinajstić information content (AvgIpc) is 2.52. The lowest BCUT2D eigenvalue weighted by atomic mass is 9.98. The van der Waals surface area contributed by atoms with Gasteiger partial charge in [0, 0.05) is 11.5 Å². The van der Waals surface area contributed by atoms with E-state index in [1.54, 1.807) is 0 Å². The van der Waals surface area contributed by atoms with Crippen molar-refractivity contribution in [2.24, 2.45) is 11.7 Å². The number of carbonyl (C=O) groups is 1. The van der Waals surface area contributed by atoms with Crippen LogP contribution in [0.4, 0.5) is 0 Å². The summed E-state index contributed by atoms with van der Waals surface area (Å²) in [5, 5.41) is 3.15. The highest BCUT2D eigenvalue weighted by Gasteiger charge is 2.31. The van der Waals surface area contributed by atoms with E-state index in [0.29, 0.717) is 6.54 Å². The second-order valence-electron chi connectivity index (χ2n) is 4.74. The van der Waals surface area contributed by atoms with E-state index in [2.05, 4.69) is 12.2 Å². The maximum atomic E-state index is 11.7. The fourth-order valence-electron chi connectivity index (χ4n) is 2.08. The quantitative estimate of drug-likeness (QED) is 0.718. The smallest absolute Gasteiger partial charge is 0.223 e. The molecular weight excluding hydrogens is 176 g/mol. The third-order valence-corrected chi connectivity index (χ3v) is 3.18. The van der Waals surface area contributed by atoms with Crippen LogP contribution in [0.5, 0.6) is 0 Å². The van der Waals surface area contributed by atoms with Crippen molar-refractivity contribution < 1.29 is 4.79 Å². The molecule has 1 rings (SSSR count). The van der Waals surface area contributed by atoms with E-state index < -0.39 is 0 Å². The standard InChI is InChI=1S/C11H22N2O/c1-9(5-8-12)10(14)13-11(2)6-3-4-7-11/h9H,3-8,12H2,1-2H3,(H,13,14). The number of rotatable bonds is 4. The van der Waals surface area contributed by atoms with Gasteiger partial charge in [-0.3, -0.25) is 4.79 Å². The summed E-state index contributed by atoms with van der Waals surface area (Å²) in [6.45, 7) is 4.68. The van der Waals surface area contributed by atoms with Crippen LogP contribution in [0.25, 0.3) is 0 Å². The van der Waals surface area contributed by atoms with E-state index in [0.717, 1.165) is 19.3 Å². The van der Waals surface area contributed by atoms with Crippen molar-refractivity contribution in [3.63, 3.8) is 0 Å². The first kappa shape index (κ1) is 11.5. The van der Waals surface area contributed by atoms with Crippen molar-refractivity contribution in [1.29, 1.82) is 0 Å². The largest absolute Gasteiger partial charge is 0.351 e. The number of amides is 1. The highest BCUT2D eigenvalue weighted by atomic mass is 16.2. The topological polar surface area (TPSA) is 55.1 Å². The third-order valence-electron chi connectivity index (χ3n) is 3.18. The molecule has 0 saturated heterocycles. The zero-order valence-electron chi connectivity index (χ0n) is 9.31. The van der Waals surface area contributed by atoms with Gasteiger partial charge in [0.1, 0.15) is 0 Å². The van der Waals surface area contributed by atoms with Crippen LogP contribution < -0.4 is 11.1 Å². The molecule has 82 valence electrons. The molecule has 0 spiro atoms. The fraction of sp³-hybridized carbons (Fsp3) is 0.909. The third kappa shape index (κ3) is 2.98. The average molecular weight is 198 g/mol. The summed E-state index contributed by atoms with van der Waals surface area (Å²) in [5.74, 6) is 0.220. The summed E-state index contributed by atoms with van der Waals surface area (Å²) in [6.07, 6.45) is 5.49. The second kappa shape index (κ2) is 4.78. The van der Waals surface area contributed by atoms with Crippen LogP contribution in [0, 0.1) is 5.92 Å². The molecule has 3 nitrogen and oxygen atoms in total. The lowest BCUT2D eigenvalue weighted by Gasteiger charge is -2.27. The Balaban J connectivity index is 2.39. The molecular formula is C11H22N2O. The van der Waals surface area contributed by atoms with Gasteiger partial charge in [0.15, 0.2) is 0 Å². The molecule has 0 radical (unpaired) electrons. The molecule has 14 heavy (non-hydrogen) atoms. The van der Waals surface area contributed by atoms with Crippen LogP contribution in [-0.4, -0.2) is 18.0 Å². The van der Waals surface area contributed by atoms with Gasteiger partial charge >= 0.3 is 0 Å². The van der Waals surface area contributed by atoms with Gasteiger partial charge in [-0.2, -0.15) is 0 Å². The maximum Gasteiger partial charge on any atom is 0.223 e. The summed E-state index contributed by atoms with van der Waals surface area (Å²) < 4.78 is 0. The number of hydrogen-bond donors (Lipinski definition) is 2.